The van der Waals surface area contributed by atoms with Gasteiger partial charge in [0.15, 0.2) is 0 Å². The standard InChI is InChI=1S/C10H8Br2N2/c11-7-1-2-8(12)6-4-10(14)9(13)3-5(6)7/h1-4H,13-14H2. The van der Waals surface area contributed by atoms with Crippen LogP contribution < -0.4 is 11.5 Å². The van der Waals surface area contributed by atoms with Crippen molar-refractivity contribution in [3.8, 4) is 0 Å². The molecule has 0 saturated heterocycles. The van der Waals surface area contributed by atoms with E-state index in [-0.39, 0.29) is 0 Å². The fraction of sp³-hybridized carbons (Fsp3) is 0. The highest BCUT2D eigenvalue weighted by molar-refractivity contribution is 9.11. The summed E-state index contributed by atoms with van der Waals surface area (Å²) in [5.41, 5.74) is 12.7. The van der Waals surface area contributed by atoms with Crippen molar-refractivity contribution in [2.75, 3.05) is 11.5 Å². The highest BCUT2D eigenvalue weighted by atomic mass is 79.9. The van der Waals surface area contributed by atoms with Crippen LogP contribution in [-0.2, 0) is 0 Å². The van der Waals surface area contributed by atoms with Crippen LogP contribution in [0.3, 0.4) is 0 Å². The number of hydrogen-bond donors (Lipinski definition) is 2. The lowest BCUT2D eigenvalue weighted by molar-refractivity contribution is 1.65. The van der Waals surface area contributed by atoms with E-state index < -0.39 is 0 Å². The third-order valence-electron chi connectivity index (χ3n) is 2.11. The van der Waals surface area contributed by atoms with E-state index >= 15 is 0 Å². The van der Waals surface area contributed by atoms with Crippen LogP contribution in [0.1, 0.15) is 0 Å². The zero-order valence-electron chi connectivity index (χ0n) is 7.22. The van der Waals surface area contributed by atoms with Gasteiger partial charge < -0.3 is 11.5 Å². The lowest BCUT2D eigenvalue weighted by atomic mass is 10.1. The average Bonchev–Trinajstić information content (AvgIpc) is 2.15. The smallest absolute Gasteiger partial charge is 0.0554 e. The zero-order valence-corrected chi connectivity index (χ0v) is 10.4. The quantitative estimate of drug-likeness (QED) is 0.731. The maximum Gasteiger partial charge on any atom is 0.0554 e. The minimum Gasteiger partial charge on any atom is -0.397 e. The largest absolute Gasteiger partial charge is 0.397 e. The Bertz CT molecular complexity index is 462. The van der Waals surface area contributed by atoms with Gasteiger partial charge >= 0.3 is 0 Å². The van der Waals surface area contributed by atoms with Gasteiger partial charge in [-0.1, -0.05) is 31.9 Å². The van der Waals surface area contributed by atoms with Crippen LogP contribution in [-0.4, -0.2) is 0 Å². The minimum absolute atomic E-state index is 0.608. The molecule has 0 fully saturated rings. The molecular weight excluding hydrogens is 308 g/mol. The SMILES string of the molecule is Nc1cc2c(Br)ccc(Br)c2cc1N. The predicted molar refractivity (Wildman–Crippen MR) is 68.2 cm³/mol. The van der Waals surface area contributed by atoms with Crippen molar-refractivity contribution in [2.24, 2.45) is 0 Å². The Kier molecular flexibility index (Phi) is 2.41. The Morgan fingerprint density at radius 3 is 1.50 bits per heavy atom. The molecule has 0 unspecified atom stereocenters. The Hall–Kier alpha value is -0.740. The van der Waals surface area contributed by atoms with E-state index in [0.717, 1.165) is 19.7 Å². The molecule has 14 heavy (non-hydrogen) atoms. The zero-order chi connectivity index (χ0) is 10.3. The highest BCUT2D eigenvalue weighted by Crippen LogP contribution is 2.34. The molecule has 0 aliphatic rings. The van der Waals surface area contributed by atoms with E-state index in [1.54, 1.807) is 0 Å². The lowest BCUT2D eigenvalue weighted by Gasteiger charge is -2.06. The summed E-state index contributed by atoms with van der Waals surface area (Å²) in [6.45, 7) is 0. The molecular formula is C10H8Br2N2. The van der Waals surface area contributed by atoms with E-state index in [2.05, 4.69) is 31.9 Å². The molecule has 2 aromatic rings. The third kappa shape index (κ3) is 1.48. The number of nitrogens with two attached hydrogens (primary N) is 2. The number of rotatable bonds is 0. The summed E-state index contributed by atoms with van der Waals surface area (Å²) < 4.78 is 2.03. The van der Waals surface area contributed by atoms with Crippen LogP contribution in [0.2, 0.25) is 0 Å². The van der Waals surface area contributed by atoms with Crippen molar-refractivity contribution >= 4 is 54.0 Å². The first-order valence-corrected chi connectivity index (χ1v) is 5.61. The first kappa shape index (κ1) is 9.80. The summed E-state index contributed by atoms with van der Waals surface area (Å²) >= 11 is 6.95. The molecule has 0 saturated carbocycles. The number of halogens is 2. The monoisotopic (exact) mass is 314 g/mol. The van der Waals surface area contributed by atoms with E-state index in [0.29, 0.717) is 11.4 Å². The van der Waals surface area contributed by atoms with Gasteiger partial charge in [0, 0.05) is 8.95 Å². The first-order chi connectivity index (χ1) is 6.59. The molecule has 0 radical (unpaired) electrons. The summed E-state index contributed by atoms with van der Waals surface area (Å²) in [6, 6.07) is 7.70. The molecule has 2 rings (SSSR count). The number of benzene rings is 2. The van der Waals surface area contributed by atoms with Crippen LogP contribution in [0.15, 0.2) is 33.2 Å². The summed E-state index contributed by atoms with van der Waals surface area (Å²) in [5, 5.41) is 2.12. The van der Waals surface area contributed by atoms with Gasteiger partial charge in [0.2, 0.25) is 0 Å². The fourth-order valence-electron chi connectivity index (χ4n) is 1.35. The fourth-order valence-corrected chi connectivity index (χ4v) is 2.27. The predicted octanol–water partition coefficient (Wildman–Crippen LogP) is 3.53. The minimum atomic E-state index is 0.608. The van der Waals surface area contributed by atoms with E-state index in [1.807, 2.05) is 24.3 Å². The van der Waals surface area contributed by atoms with Crippen LogP contribution in [0.5, 0.6) is 0 Å². The van der Waals surface area contributed by atoms with Gasteiger partial charge in [-0.25, -0.2) is 0 Å². The second-order valence-corrected chi connectivity index (χ2v) is 4.76. The number of anilines is 2. The molecule has 0 atom stereocenters. The molecule has 0 heterocycles. The van der Waals surface area contributed by atoms with Crippen LogP contribution in [0.25, 0.3) is 10.8 Å². The topological polar surface area (TPSA) is 52.0 Å². The van der Waals surface area contributed by atoms with Crippen molar-refractivity contribution in [1.82, 2.24) is 0 Å². The summed E-state index contributed by atoms with van der Waals surface area (Å²) in [4.78, 5) is 0. The van der Waals surface area contributed by atoms with E-state index in [4.69, 9.17) is 11.5 Å². The second kappa shape index (κ2) is 3.44. The third-order valence-corrected chi connectivity index (χ3v) is 3.50. The molecule has 0 spiro atoms. The average molecular weight is 316 g/mol. The summed E-state index contributed by atoms with van der Waals surface area (Å²) in [5.74, 6) is 0. The van der Waals surface area contributed by atoms with Crippen LogP contribution in [0, 0.1) is 0 Å². The van der Waals surface area contributed by atoms with E-state index in [9.17, 15) is 0 Å². The van der Waals surface area contributed by atoms with Crippen molar-refractivity contribution in [2.45, 2.75) is 0 Å². The first-order valence-electron chi connectivity index (χ1n) is 4.02. The van der Waals surface area contributed by atoms with Gasteiger partial charge in [-0.05, 0) is 35.0 Å². The lowest BCUT2D eigenvalue weighted by Crippen LogP contribution is -1.94. The van der Waals surface area contributed by atoms with Gasteiger partial charge in [0.1, 0.15) is 0 Å². The number of nitrogen functional groups attached to an aromatic ring is 2. The molecule has 0 aliphatic carbocycles. The molecule has 0 amide bonds. The maximum absolute atomic E-state index is 5.74. The number of fused-ring (bicyclic) bond motifs is 1. The van der Waals surface area contributed by atoms with Crippen molar-refractivity contribution < 1.29 is 0 Å². The van der Waals surface area contributed by atoms with Gasteiger partial charge in [-0.3, -0.25) is 0 Å². The molecule has 0 aliphatic heterocycles. The summed E-state index contributed by atoms with van der Waals surface area (Å²) in [7, 11) is 0. The van der Waals surface area contributed by atoms with Gasteiger partial charge in [-0.15, -0.1) is 0 Å². The number of hydrogen-bond acceptors (Lipinski definition) is 2. The summed E-state index contributed by atoms with van der Waals surface area (Å²) in [6.07, 6.45) is 0. The Morgan fingerprint density at radius 2 is 1.14 bits per heavy atom. The normalized spacial score (nSPS) is 10.7. The van der Waals surface area contributed by atoms with Crippen molar-refractivity contribution in [3.05, 3.63) is 33.2 Å². The molecule has 4 heteroatoms. The highest BCUT2D eigenvalue weighted by Gasteiger charge is 2.05. The second-order valence-electron chi connectivity index (χ2n) is 3.06. The van der Waals surface area contributed by atoms with Crippen molar-refractivity contribution in [3.63, 3.8) is 0 Å². The molecule has 2 nitrogen and oxygen atoms in total. The Morgan fingerprint density at radius 1 is 0.786 bits per heavy atom. The van der Waals surface area contributed by atoms with Crippen molar-refractivity contribution in [1.29, 1.82) is 0 Å². The van der Waals surface area contributed by atoms with Crippen LogP contribution >= 0.6 is 31.9 Å². The van der Waals surface area contributed by atoms with Gasteiger partial charge in [-0.2, -0.15) is 0 Å². The molecule has 2 aromatic carbocycles. The maximum atomic E-state index is 5.74. The molecule has 0 bridgehead atoms. The Labute approximate surface area is 98.5 Å². The van der Waals surface area contributed by atoms with Gasteiger partial charge in [0.25, 0.3) is 0 Å². The Balaban J connectivity index is 2.94. The van der Waals surface area contributed by atoms with Gasteiger partial charge in [0.05, 0.1) is 11.4 Å². The molecule has 0 aromatic heterocycles. The molecule has 4 N–H and O–H groups in total. The van der Waals surface area contributed by atoms with E-state index in [1.165, 1.54) is 0 Å². The van der Waals surface area contributed by atoms with Crippen LogP contribution in [0.4, 0.5) is 11.4 Å². The molecule has 72 valence electrons.